The Morgan fingerprint density at radius 2 is 1.88 bits per heavy atom. The number of carbonyl (C=O) groups is 1. The molecule has 122 valence electrons. The highest BCUT2D eigenvalue weighted by atomic mass is 16.1. The summed E-state index contributed by atoms with van der Waals surface area (Å²) in [5.74, 6) is 1.69. The van der Waals surface area contributed by atoms with Crippen molar-refractivity contribution in [2.45, 2.75) is 6.92 Å². The minimum atomic E-state index is -0.215. The third-order valence-electron chi connectivity index (χ3n) is 3.61. The number of imidazole rings is 1. The highest BCUT2D eigenvalue weighted by Gasteiger charge is 2.09. The quantitative estimate of drug-likeness (QED) is 0.797. The third kappa shape index (κ3) is 3.24. The van der Waals surface area contributed by atoms with Crippen LogP contribution in [0.1, 0.15) is 16.2 Å². The maximum absolute atomic E-state index is 12.4. The molecule has 7 nitrogen and oxygen atoms in total. The smallest absolute Gasteiger partial charge is 0.256 e. The molecular weight excluding hydrogens is 304 g/mol. The first-order valence-corrected chi connectivity index (χ1v) is 7.46. The molecule has 1 aromatic carbocycles. The summed E-state index contributed by atoms with van der Waals surface area (Å²) in [4.78, 5) is 26.8. The SMILES string of the molecule is Cc1nccn1-c1cc(NC(=O)c2ccc(N(C)C)cc2)ncn1. The Balaban J connectivity index is 1.78. The molecular formula is C17H18N6O. The van der Waals surface area contributed by atoms with Crippen molar-refractivity contribution in [3.63, 3.8) is 0 Å². The lowest BCUT2D eigenvalue weighted by Crippen LogP contribution is -2.14. The van der Waals surface area contributed by atoms with Crippen molar-refractivity contribution in [2.24, 2.45) is 0 Å². The summed E-state index contributed by atoms with van der Waals surface area (Å²) in [6, 6.07) is 9.07. The van der Waals surface area contributed by atoms with Crippen LogP contribution < -0.4 is 10.2 Å². The van der Waals surface area contributed by atoms with Crippen molar-refractivity contribution < 1.29 is 4.79 Å². The number of anilines is 2. The fourth-order valence-corrected chi connectivity index (χ4v) is 2.27. The van der Waals surface area contributed by atoms with Gasteiger partial charge < -0.3 is 10.2 Å². The summed E-state index contributed by atoms with van der Waals surface area (Å²) in [6.45, 7) is 1.88. The van der Waals surface area contributed by atoms with E-state index in [0.717, 1.165) is 11.5 Å². The van der Waals surface area contributed by atoms with Crippen molar-refractivity contribution in [3.05, 3.63) is 60.4 Å². The van der Waals surface area contributed by atoms with Crippen molar-refractivity contribution in [1.82, 2.24) is 19.5 Å². The summed E-state index contributed by atoms with van der Waals surface area (Å²) in [5, 5.41) is 2.79. The second-order valence-electron chi connectivity index (χ2n) is 5.50. The zero-order valence-corrected chi connectivity index (χ0v) is 13.8. The first-order valence-electron chi connectivity index (χ1n) is 7.46. The molecule has 0 aliphatic rings. The lowest BCUT2D eigenvalue weighted by molar-refractivity contribution is 0.102. The summed E-state index contributed by atoms with van der Waals surface area (Å²) in [5.41, 5.74) is 1.60. The zero-order chi connectivity index (χ0) is 17.1. The highest BCUT2D eigenvalue weighted by molar-refractivity contribution is 6.04. The Labute approximate surface area is 140 Å². The van der Waals surface area contributed by atoms with Gasteiger partial charge >= 0.3 is 0 Å². The first-order chi connectivity index (χ1) is 11.5. The largest absolute Gasteiger partial charge is 0.378 e. The lowest BCUT2D eigenvalue weighted by Gasteiger charge is -2.12. The van der Waals surface area contributed by atoms with Gasteiger partial charge in [0.05, 0.1) is 0 Å². The molecule has 1 amide bonds. The number of aryl methyl sites for hydroxylation is 1. The molecule has 0 spiro atoms. The Morgan fingerprint density at radius 3 is 2.50 bits per heavy atom. The van der Waals surface area contributed by atoms with E-state index in [4.69, 9.17) is 0 Å². The van der Waals surface area contributed by atoms with Crippen LogP contribution in [0, 0.1) is 6.92 Å². The van der Waals surface area contributed by atoms with Crippen molar-refractivity contribution in [2.75, 3.05) is 24.3 Å². The van der Waals surface area contributed by atoms with Crippen molar-refractivity contribution in [1.29, 1.82) is 0 Å². The molecule has 0 radical (unpaired) electrons. The number of hydrogen-bond donors (Lipinski definition) is 1. The van der Waals surface area contributed by atoms with Crippen LogP contribution in [0.5, 0.6) is 0 Å². The Hall–Kier alpha value is -3.22. The number of amides is 1. The van der Waals surface area contributed by atoms with Gasteiger partial charge in [-0.3, -0.25) is 9.36 Å². The Kier molecular flexibility index (Phi) is 4.24. The predicted molar refractivity (Wildman–Crippen MR) is 92.6 cm³/mol. The fraction of sp³-hybridized carbons (Fsp3) is 0.176. The van der Waals surface area contributed by atoms with Crippen LogP contribution in [0.2, 0.25) is 0 Å². The summed E-state index contributed by atoms with van der Waals surface area (Å²) < 4.78 is 1.82. The van der Waals surface area contributed by atoms with Crippen LogP contribution in [-0.4, -0.2) is 39.5 Å². The minimum Gasteiger partial charge on any atom is -0.378 e. The molecule has 2 aromatic heterocycles. The molecule has 7 heteroatoms. The molecule has 0 saturated heterocycles. The molecule has 0 aliphatic heterocycles. The van der Waals surface area contributed by atoms with E-state index in [0.29, 0.717) is 17.2 Å². The van der Waals surface area contributed by atoms with E-state index in [1.54, 1.807) is 24.4 Å². The van der Waals surface area contributed by atoms with Crippen LogP contribution in [0.4, 0.5) is 11.5 Å². The lowest BCUT2D eigenvalue weighted by atomic mass is 10.2. The first kappa shape index (κ1) is 15.7. The van der Waals surface area contributed by atoms with Gasteiger partial charge in [-0.2, -0.15) is 0 Å². The number of hydrogen-bond acceptors (Lipinski definition) is 5. The van der Waals surface area contributed by atoms with E-state index >= 15 is 0 Å². The fourth-order valence-electron chi connectivity index (χ4n) is 2.27. The standard InChI is InChI=1S/C17H18N6O/c1-12-18-8-9-23(12)16-10-15(19-11-20-16)21-17(24)13-4-6-14(7-5-13)22(2)3/h4-11H,1-3H3,(H,19,20,21,24). The summed E-state index contributed by atoms with van der Waals surface area (Å²) >= 11 is 0. The van der Waals surface area contributed by atoms with Crippen LogP contribution in [-0.2, 0) is 0 Å². The van der Waals surface area contributed by atoms with Gasteiger partial charge in [0.2, 0.25) is 0 Å². The second-order valence-corrected chi connectivity index (χ2v) is 5.50. The number of aromatic nitrogens is 4. The number of rotatable bonds is 4. The highest BCUT2D eigenvalue weighted by Crippen LogP contribution is 2.15. The molecule has 3 rings (SSSR count). The zero-order valence-electron chi connectivity index (χ0n) is 13.8. The van der Waals surface area contributed by atoms with Gasteiger partial charge in [0.15, 0.2) is 0 Å². The normalized spacial score (nSPS) is 10.5. The second kappa shape index (κ2) is 6.49. The van der Waals surface area contributed by atoms with Crippen LogP contribution >= 0.6 is 0 Å². The van der Waals surface area contributed by atoms with Gasteiger partial charge in [0.25, 0.3) is 5.91 Å². The van der Waals surface area contributed by atoms with Gasteiger partial charge in [-0.1, -0.05) is 0 Å². The number of nitrogens with one attached hydrogen (secondary N) is 1. The number of nitrogens with zero attached hydrogens (tertiary/aromatic N) is 5. The Morgan fingerprint density at radius 1 is 1.12 bits per heavy atom. The molecule has 3 aromatic rings. The maximum Gasteiger partial charge on any atom is 0.256 e. The Bertz CT molecular complexity index is 854. The summed E-state index contributed by atoms with van der Waals surface area (Å²) in [7, 11) is 3.91. The van der Waals surface area contributed by atoms with Gasteiger partial charge in [-0.25, -0.2) is 15.0 Å². The molecule has 2 heterocycles. The predicted octanol–water partition coefficient (Wildman–Crippen LogP) is 2.29. The van der Waals surface area contributed by atoms with E-state index in [2.05, 4.69) is 20.3 Å². The van der Waals surface area contributed by atoms with Crippen molar-refractivity contribution >= 4 is 17.4 Å². The van der Waals surface area contributed by atoms with Gasteiger partial charge in [0, 0.05) is 43.8 Å². The average molecular weight is 322 g/mol. The molecule has 0 unspecified atom stereocenters. The third-order valence-corrected chi connectivity index (χ3v) is 3.61. The molecule has 0 bridgehead atoms. The van der Waals surface area contributed by atoms with E-state index in [1.165, 1.54) is 6.33 Å². The number of carbonyl (C=O) groups excluding carboxylic acids is 1. The molecule has 1 N–H and O–H groups in total. The maximum atomic E-state index is 12.4. The minimum absolute atomic E-state index is 0.215. The average Bonchev–Trinajstić information content (AvgIpc) is 3.01. The van der Waals surface area contributed by atoms with Gasteiger partial charge in [-0.15, -0.1) is 0 Å². The van der Waals surface area contributed by atoms with Crippen molar-refractivity contribution in [3.8, 4) is 5.82 Å². The molecule has 0 saturated carbocycles. The van der Waals surface area contributed by atoms with E-state index < -0.39 is 0 Å². The molecule has 0 atom stereocenters. The van der Waals surface area contributed by atoms with E-state index in [1.807, 2.05) is 48.8 Å². The van der Waals surface area contributed by atoms with E-state index in [-0.39, 0.29) is 5.91 Å². The van der Waals surface area contributed by atoms with Crippen LogP contribution in [0.15, 0.2) is 49.1 Å². The number of benzene rings is 1. The van der Waals surface area contributed by atoms with E-state index in [9.17, 15) is 4.79 Å². The monoisotopic (exact) mass is 322 g/mol. The van der Waals surface area contributed by atoms with Gasteiger partial charge in [-0.05, 0) is 31.2 Å². The van der Waals surface area contributed by atoms with Crippen LogP contribution in [0.3, 0.4) is 0 Å². The molecule has 24 heavy (non-hydrogen) atoms. The topological polar surface area (TPSA) is 75.9 Å². The van der Waals surface area contributed by atoms with Gasteiger partial charge in [0.1, 0.15) is 23.8 Å². The summed E-state index contributed by atoms with van der Waals surface area (Å²) in [6.07, 6.45) is 4.92. The van der Waals surface area contributed by atoms with Crippen LogP contribution in [0.25, 0.3) is 5.82 Å². The molecule has 0 fully saturated rings. The molecule has 0 aliphatic carbocycles.